The predicted octanol–water partition coefficient (Wildman–Crippen LogP) is 3.09. The van der Waals surface area contributed by atoms with Gasteiger partial charge >= 0.3 is 0 Å². The fourth-order valence-corrected chi connectivity index (χ4v) is 5.57. The summed E-state index contributed by atoms with van der Waals surface area (Å²) in [6.45, 7) is 9.09. The highest BCUT2D eigenvalue weighted by Crippen LogP contribution is 2.52. The van der Waals surface area contributed by atoms with Crippen LogP contribution in [0.3, 0.4) is 0 Å². The molecule has 1 amide bonds. The summed E-state index contributed by atoms with van der Waals surface area (Å²) in [5, 5.41) is 3.73. The maximum Gasteiger partial charge on any atom is 0.210 e. The molecule has 2 aliphatic carbocycles. The SMILES string of the molecule is CC1(C)CC(N(C=O)C23CCC(CC2)C3)CC(C)(C)N1. The van der Waals surface area contributed by atoms with Crippen LogP contribution in [0.15, 0.2) is 0 Å². The van der Waals surface area contributed by atoms with Gasteiger partial charge in [0, 0.05) is 22.7 Å². The van der Waals surface area contributed by atoms with Crippen LogP contribution in [0.25, 0.3) is 0 Å². The molecule has 0 atom stereocenters. The highest BCUT2D eigenvalue weighted by Gasteiger charge is 2.52. The summed E-state index contributed by atoms with van der Waals surface area (Å²) in [5.74, 6) is 0.889. The number of hydrogen-bond acceptors (Lipinski definition) is 2. The van der Waals surface area contributed by atoms with Crippen LogP contribution in [0, 0.1) is 5.92 Å². The second-order valence-corrected chi connectivity index (χ2v) is 8.84. The van der Waals surface area contributed by atoms with Gasteiger partial charge in [-0.25, -0.2) is 0 Å². The van der Waals surface area contributed by atoms with E-state index in [2.05, 4.69) is 37.9 Å². The first-order valence-corrected chi connectivity index (χ1v) is 8.28. The number of rotatable bonds is 3. The second-order valence-electron chi connectivity index (χ2n) is 8.84. The Bertz CT molecular complexity index is 378. The molecule has 0 aromatic rings. The maximum absolute atomic E-state index is 11.9. The van der Waals surface area contributed by atoms with Crippen LogP contribution in [0.1, 0.15) is 72.6 Å². The fraction of sp³-hybridized carbons (Fsp3) is 0.941. The van der Waals surface area contributed by atoms with Crippen molar-refractivity contribution in [3.05, 3.63) is 0 Å². The average Bonchev–Trinajstić information content (AvgIpc) is 2.86. The Labute approximate surface area is 123 Å². The van der Waals surface area contributed by atoms with Crippen LogP contribution in [0.5, 0.6) is 0 Å². The van der Waals surface area contributed by atoms with E-state index in [4.69, 9.17) is 0 Å². The molecule has 2 saturated carbocycles. The molecule has 0 aromatic heterocycles. The van der Waals surface area contributed by atoms with Gasteiger partial charge in [0.25, 0.3) is 0 Å². The first kappa shape index (κ1) is 14.4. The van der Waals surface area contributed by atoms with Crippen molar-refractivity contribution in [2.24, 2.45) is 5.92 Å². The van der Waals surface area contributed by atoms with E-state index in [9.17, 15) is 4.79 Å². The van der Waals surface area contributed by atoms with Crippen molar-refractivity contribution in [3.63, 3.8) is 0 Å². The van der Waals surface area contributed by atoms with Crippen molar-refractivity contribution < 1.29 is 4.79 Å². The molecule has 1 N–H and O–H groups in total. The molecule has 114 valence electrons. The van der Waals surface area contributed by atoms with Crippen LogP contribution < -0.4 is 5.32 Å². The largest absolute Gasteiger partial charge is 0.336 e. The van der Waals surface area contributed by atoms with Gasteiger partial charge in [0.15, 0.2) is 0 Å². The quantitative estimate of drug-likeness (QED) is 0.805. The number of carbonyl (C=O) groups is 1. The van der Waals surface area contributed by atoms with Crippen LogP contribution in [-0.2, 0) is 4.79 Å². The Kier molecular flexibility index (Phi) is 3.20. The summed E-state index contributed by atoms with van der Waals surface area (Å²) in [4.78, 5) is 14.2. The summed E-state index contributed by atoms with van der Waals surface area (Å²) in [6, 6.07) is 0.399. The van der Waals surface area contributed by atoms with E-state index >= 15 is 0 Å². The molecule has 0 aromatic carbocycles. The highest BCUT2D eigenvalue weighted by atomic mass is 16.1. The number of piperidine rings is 1. The number of fused-ring (bicyclic) bond motifs is 2. The monoisotopic (exact) mass is 278 g/mol. The minimum absolute atomic E-state index is 0.112. The lowest BCUT2D eigenvalue weighted by Crippen LogP contribution is -2.64. The van der Waals surface area contributed by atoms with Gasteiger partial charge in [0.2, 0.25) is 6.41 Å². The smallest absolute Gasteiger partial charge is 0.210 e. The van der Waals surface area contributed by atoms with E-state index in [0.29, 0.717) is 6.04 Å². The Hall–Kier alpha value is -0.570. The Balaban J connectivity index is 1.84. The zero-order valence-electron chi connectivity index (χ0n) is 13.5. The van der Waals surface area contributed by atoms with E-state index in [1.54, 1.807) is 0 Å². The molecule has 3 heteroatoms. The van der Waals surface area contributed by atoms with Crippen LogP contribution in [0.2, 0.25) is 0 Å². The number of nitrogens with one attached hydrogen (secondary N) is 1. The molecule has 0 radical (unpaired) electrons. The molecule has 2 bridgehead atoms. The molecule has 1 saturated heterocycles. The molecular formula is C17H30N2O. The van der Waals surface area contributed by atoms with Crippen molar-refractivity contribution in [2.45, 2.75) is 95.3 Å². The first-order valence-electron chi connectivity index (χ1n) is 8.28. The number of carbonyl (C=O) groups excluding carboxylic acids is 1. The standard InChI is InChI=1S/C17H30N2O/c1-15(2)10-14(11-16(3,4)18-15)19(12-20)17-7-5-13(9-17)6-8-17/h12-14,18H,5-11H2,1-4H3. The summed E-state index contributed by atoms with van der Waals surface area (Å²) >= 11 is 0. The van der Waals surface area contributed by atoms with Gasteiger partial charge in [-0.2, -0.15) is 0 Å². The van der Waals surface area contributed by atoms with Gasteiger partial charge in [-0.1, -0.05) is 0 Å². The van der Waals surface area contributed by atoms with E-state index < -0.39 is 0 Å². The molecule has 3 fully saturated rings. The van der Waals surface area contributed by atoms with Crippen molar-refractivity contribution in [1.82, 2.24) is 10.2 Å². The van der Waals surface area contributed by atoms with Crippen LogP contribution in [-0.4, -0.2) is 34.0 Å². The third kappa shape index (κ3) is 2.38. The topological polar surface area (TPSA) is 32.3 Å². The lowest BCUT2D eigenvalue weighted by molar-refractivity contribution is -0.129. The first-order chi connectivity index (χ1) is 9.25. The zero-order chi connectivity index (χ0) is 14.6. The normalized spacial score (nSPS) is 38.9. The van der Waals surface area contributed by atoms with E-state index in [0.717, 1.165) is 18.8 Å². The maximum atomic E-state index is 11.9. The van der Waals surface area contributed by atoms with E-state index in [-0.39, 0.29) is 16.6 Å². The third-order valence-corrected chi connectivity index (χ3v) is 5.93. The lowest BCUT2D eigenvalue weighted by atomic mass is 9.77. The number of amides is 1. The Morgan fingerprint density at radius 2 is 1.55 bits per heavy atom. The van der Waals surface area contributed by atoms with E-state index in [1.165, 1.54) is 38.5 Å². The minimum Gasteiger partial charge on any atom is -0.336 e. The summed E-state index contributed by atoms with van der Waals surface area (Å²) in [7, 11) is 0. The van der Waals surface area contributed by atoms with Crippen molar-refractivity contribution in [1.29, 1.82) is 0 Å². The van der Waals surface area contributed by atoms with Crippen LogP contribution in [0.4, 0.5) is 0 Å². The Morgan fingerprint density at radius 3 is 1.95 bits per heavy atom. The molecular weight excluding hydrogens is 248 g/mol. The molecule has 3 rings (SSSR count). The number of hydrogen-bond donors (Lipinski definition) is 1. The van der Waals surface area contributed by atoms with Gasteiger partial charge in [-0.05, 0) is 78.6 Å². The lowest BCUT2D eigenvalue weighted by Gasteiger charge is -2.52. The molecule has 3 nitrogen and oxygen atoms in total. The molecule has 1 aliphatic heterocycles. The molecule has 0 unspecified atom stereocenters. The molecule has 1 heterocycles. The average molecular weight is 278 g/mol. The summed E-state index contributed by atoms with van der Waals surface area (Å²) in [5.41, 5.74) is 0.433. The molecule has 3 aliphatic rings. The number of nitrogens with zero attached hydrogens (tertiary/aromatic N) is 1. The third-order valence-electron chi connectivity index (χ3n) is 5.93. The van der Waals surface area contributed by atoms with Crippen LogP contribution >= 0.6 is 0 Å². The van der Waals surface area contributed by atoms with Crippen molar-refractivity contribution in [3.8, 4) is 0 Å². The van der Waals surface area contributed by atoms with Gasteiger partial charge in [-0.15, -0.1) is 0 Å². The zero-order valence-corrected chi connectivity index (χ0v) is 13.5. The highest BCUT2D eigenvalue weighted by molar-refractivity contribution is 5.51. The molecule has 0 spiro atoms. The van der Waals surface area contributed by atoms with Gasteiger partial charge in [0.1, 0.15) is 0 Å². The van der Waals surface area contributed by atoms with Crippen molar-refractivity contribution >= 4 is 6.41 Å². The summed E-state index contributed by atoms with van der Waals surface area (Å²) in [6.07, 6.45) is 9.72. The van der Waals surface area contributed by atoms with E-state index in [1.807, 2.05) is 0 Å². The minimum atomic E-state index is 0.112. The van der Waals surface area contributed by atoms with Gasteiger partial charge < -0.3 is 10.2 Å². The van der Waals surface area contributed by atoms with Gasteiger partial charge in [0.05, 0.1) is 0 Å². The summed E-state index contributed by atoms with van der Waals surface area (Å²) < 4.78 is 0. The van der Waals surface area contributed by atoms with Gasteiger partial charge in [-0.3, -0.25) is 4.79 Å². The van der Waals surface area contributed by atoms with Crippen molar-refractivity contribution in [2.75, 3.05) is 0 Å². The molecule has 20 heavy (non-hydrogen) atoms. The second kappa shape index (κ2) is 4.46. The predicted molar refractivity (Wildman–Crippen MR) is 81.5 cm³/mol. The fourth-order valence-electron chi connectivity index (χ4n) is 5.57. The Morgan fingerprint density at radius 1 is 1.00 bits per heavy atom.